The summed E-state index contributed by atoms with van der Waals surface area (Å²) >= 11 is 0. The fourth-order valence-electron chi connectivity index (χ4n) is 3.89. The van der Waals surface area contributed by atoms with Gasteiger partial charge in [0.05, 0.1) is 5.56 Å². The molecular weight excluding hydrogens is 336 g/mol. The van der Waals surface area contributed by atoms with Crippen molar-refractivity contribution >= 4 is 16.7 Å². The fourth-order valence-corrected chi connectivity index (χ4v) is 3.89. The van der Waals surface area contributed by atoms with Gasteiger partial charge >= 0.3 is 0 Å². The van der Waals surface area contributed by atoms with Crippen LogP contribution in [0, 0.1) is 6.92 Å². The van der Waals surface area contributed by atoms with Gasteiger partial charge in [-0.25, -0.2) is 0 Å². The molecule has 140 valence electrons. The Hall–Kier alpha value is -2.59. The molecule has 1 saturated heterocycles. The quantitative estimate of drug-likeness (QED) is 0.653. The number of piperidine rings is 1. The van der Waals surface area contributed by atoms with Crippen LogP contribution in [0.4, 0.5) is 0 Å². The van der Waals surface area contributed by atoms with Gasteiger partial charge in [-0.2, -0.15) is 0 Å². The number of hydrogen-bond donors (Lipinski definition) is 1. The molecule has 0 aliphatic carbocycles. The summed E-state index contributed by atoms with van der Waals surface area (Å²) in [5.41, 5.74) is 3.34. The molecule has 3 aromatic rings. The average Bonchev–Trinajstić information content (AvgIpc) is 3.04. The molecule has 0 saturated carbocycles. The molecule has 2 aromatic carbocycles. The number of carbonyl (C=O) groups excluding carboxylic acids is 1. The van der Waals surface area contributed by atoms with Gasteiger partial charge in [-0.3, -0.25) is 9.69 Å². The number of benzene rings is 2. The number of rotatable bonds is 6. The molecule has 0 radical (unpaired) electrons. The summed E-state index contributed by atoms with van der Waals surface area (Å²) < 4.78 is 5.87. The molecular formula is C23H26N2O2. The fraction of sp³-hybridized carbons (Fsp3) is 0.348. The summed E-state index contributed by atoms with van der Waals surface area (Å²) in [4.78, 5) is 18.8. The number of aryl methyl sites for hydroxylation is 1. The molecule has 0 amide bonds. The van der Waals surface area contributed by atoms with Crippen LogP contribution < -0.4 is 4.74 Å². The summed E-state index contributed by atoms with van der Waals surface area (Å²) in [7, 11) is 0. The van der Waals surface area contributed by atoms with E-state index in [0.717, 1.165) is 34.5 Å². The predicted octanol–water partition coefficient (Wildman–Crippen LogP) is 4.57. The van der Waals surface area contributed by atoms with E-state index in [9.17, 15) is 4.79 Å². The number of nitrogens with one attached hydrogen (secondary N) is 1. The molecule has 1 aliphatic rings. The van der Waals surface area contributed by atoms with E-state index in [1.807, 2.05) is 55.5 Å². The van der Waals surface area contributed by atoms with Crippen molar-refractivity contribution in [1.29, 1.82) is 0 Å². The van der Waals surface area contributed by atoms with Crippen LogP contribution in [0.1, 0.15) is 40.9 Å². The minimum Gasteiger partial charge on any atom is -0.492 e. The number of nitrogens with zero attached hydrogens (tertiary/aromatic N) is 1. The first-order valence-corrected chi connectivity index (χ1v) is 9.79. The van der Waals surface area contributed by atoms with Crippen LogP contribution in [0.2, 0.25) is 0 Å². The van der Waals surface area contributed by atoms with E-state index in [2.05, 4.69) is 9.88 Å². The normalized spacial score (nSPS) is 15.1. The number of aromatic amines is 1. The summed E-state index contributed by atoms with van der Waals surface area (Å²) in [5.74, 6) is 0.865. The minimum absolute atomic E-state index is 0.0461. The smallest absolute Gasteiger partial charge is 0.195 e. The van der Waals surface area contributed by atoms with Crippen LogP contribution >= 0.6 is 0 Å². The maximum atomic E-state index is 13.0. The largest absolute Gasteiger partial charge is 0.492 e. The lowest BCUT2D eigenvalue weighted by Crippen LogP contribution is -2.33. The van der Waals surface area contributed by atoms with Crippen molar-refractivity contribution in [3.05, 3.63) is 65.4 Å². The Morgan fingerprint density at radius 2 is 1.78 bits per heavy atom. The Balaban J connectivity index is 1.42. The van der Waals surface area contributed by atoms with E-state index < -0.39 is 0 Å². The van der Waals surface area contributed by atoms with Crippen molar-refractivity contribution in [2.45, 2.75) is 26.2 Å². The van der Waals surface area contributed by atoms with Crippen molar-refractivity contribution in [2.75, 3.05) is 26.2 Å². The second-order valence-electron chi connectivity index (χ2n) is 7.27. The second kappa shape index (κ2) is 7.97. The zero-order valence-corrected chi connectivity index (χ0v) is 15.8. The van der Waals surface area contributed by atoms with Gasteiger partial charge in [0.15, 0.2) is 5.78 Å². The highest BCUT2D eigenvalue weighted by Crippen LogP contribution is 2.25. The SMILES string of the molecule is Cc1[nH]c2ccccc2c1C(=O)c1ccc(OCCN2CCCCC2)cc1. The molecule has 0 unspecified atom stereocenters. The minimum atomic E-state index is 0.0461. The number of fused-ring (bicyclic) bond motifs is 1. The van der Waals surface area contributed by atoms with E-state index >= 15 is 0 Å². The molecule has 1 aromatic heterocycles. The lowest BCUT2D eigenvalue weighted by Gasteiger charge is -2.26. The van der Waals surface area contributed by atoms with Crippen LogP contribution in [0.5, 0.6) is 5.75 Å². The van der Waals surface area contributed by atoms with Crippen molar-refractivity contribution in [3.8, 4) is 5.75 Å². The molecule has 1 fully saturated rings. The average molecular weight is 362 g/mol. The lowest BCUT2D eigenvalue weighted by atomic mass is 10.0. The lowest BCUT2D eigenvalue weighted by molar-refractivity contribution is 0.103. The summed E-state index contributed by atoms with van der Waals surface area (Å²) in [6.45, 7) is 5.97. The van der Waals surface area contributed by atoms with Crippen LogP contribution in [0.3, 0.4) is 0 Å². The van der Waals surface area contributed by atoms with Crippen LogP contribution in [-0.4, -0.2) is 41.9 Å². The predicted molar refractivity (Wildman–Crippen MR) is 109 cm³/mol. The third kappa shape index (κ3) is 3.91. The molecule has 4 rings (SSSR count). The van der Waals surface area contributed by atoms with Crippen molar-refractivity contribution in [2.24, 2.45) is 0 Å². The molecule has 4 nitrogen and oxygen atoms in total. The summed E-state index contributed by atoms with van der Waals surface area (Å²) in [6, 6.07) is 15.4. The number of ketones is 1. The highest BCUT2D eigenvalue weighted by Gasteiger charge is 2.17. The highest BCUT2D eigenvalue weighted by atomic mass is 16.5. The monoisotopic (exact) mass is 362 g/mol. The zero-order chi connectivity index (χ0) is 18.6. The molecule has 2 heterocycles. The van der Waals surface area contributed by atoms with E-state index in [0.29, 0.717) is 12.2 Å². The number of para-hydroxylation sites is 1. The number of likely N-dealkylation sites (tertiary alicyclic amines) is 1. The Morgan fingerprint density at radius 1 is 1.04 bits per heavy atom. The van der Waals surface area contributed by atoms with Gasteiger partial charge < -0.3 is 9.72 Å². The van der Waals surface area contributed by atoms with E-state index in [1.54, 1.807) is 0 Å². The molecule has 1 N–H and O–H groups in total. The third-order valence-electron chi connectivity index (χ3n) is 5.36. The number of hydrogen-bond acceptors (Lipinski definition) is 3. The Morgan fingerprint density at radius 3 is 2.56 bits per heavy atom. The molecule has 0 atom stereocenters. The Labute approximate surface area is 160 Å². The standard InChI is InChI=1S/C23H26N2O2/c1-17-22(20-7-3-4-8-21(20)24-17)23(26)18-9-11-19(12-10-18)27-16-15-25-13-5-2-6-14-25/h3-4,7-12,24H,2,5-6,13-16H2,1H3. The van der Waals surface area contributed by atoms with Crippen molar-refractivity contribution in [1.82, 2.24) is 9.88 Å². The van der Waals surface area contributed by atoms with Crippen LogP contribution in [0.25, 0.3) is 10.9 Å². The number of carbonyl (C=O) groups is 1. The number of aromatic nitrogens is 1. The number of H-pyrrole nitrogens is 1. The Kier molecular flexibility index (Phi) is 5.26. The summed E-state index contributed by atoms with van der Waals surface area (Å²) in [6.07, 6.45) is 3.94. The van der Waals surface area contributed by atoms with Gasteiger partial charge in [0, 0.05) is 28.7 Å². The van der Waals surface area contributed by atoms with E-state index in [1.165, 1.54) is 32.4 Å². The maximum Gasteiger partial charge on any atom is 0.195 e. The van der Waals surface area contributed by atoms with Gasteiger partial charge in [-0.1, -0.05) is 24.6 Å². The van der Waals surface area contributed by atoms with Gasteiger partial charge in [0.2, 0.25) is 0 Å². The molecule has 1 aliphatic heterocycles. The first kappa shape index (κ1) is 17.8. The maximum absolute atomic E-state index is 13.0. The van der Waals surface area contributed by atoms with Crippen molar-refractivity contribution < 1.29 is 9.53 Å². The molecule has 27 heavy (non-hydrogen) atoms. The zero-order valence-electron chi connectivity index (χ0n) is 15.8. The van der Waals surface area contributed by atoms with E-state index in [-0.39, 0.29) is 5.78 Å². The van der Waals surface area contributed by atoms with Gasteiger partial charge in [-0.15, -0.1) is 0 Å². The summed E-state index contributed by atoms with van der Waals surface area (Å²) in [5, 5.41) is 0.974. The Bertz CT molecular complexity index is 921. The van der Waals surface area contributed by atoms with Gasteiger partial charge in [0.1, 0.15) is 12.4 Å². The number of ether oxygens (including phenoxy) is 1. The van der Waals surface area contributed by atoms with E-state index in [4.69, 9.17) is 4.74 Å². The topological polar surface area (TPSA) is 45.3 Å². The third-order valence-corrected chi connectivity index (χ3v) is 5.36. The van der Waals surface area contributed by atoms with Crippen LogP contribution in [-0.2, 0) is 0 Å². The molecule has 4 heteroatoms. The molecule has 0 bridgehead atoms. The van der Waals surface area contributed by atoms with Gasteiger partial charge in [-0.05, 0) is 63.2 Å². The highest BCUT2D eigenvalue weighted by molar-refractivity contribution is 6.17. The first-order valence-electron chi connectivity index (χ1n) is 9.79. The van der Waals surface area contributed by atoms with Crippen molar-refractivity contribution in [3.63, 3.8) is 0 Å². The second-order valence-corrected chi connectivity index (χ2v) is 7.27. The van der Waals surface area contributed by atoms with Crippen LogP contribution in [0.15, 0.2) is 48.5 Å². The van der Waals surface area contributed by atoms with Gasteiger partial charge in [0.25, 0.3) is 0 Å². The molecule has 0 spiro atoms. The first-order chi connectivity index (χ1) is 13.2.